The largest absolute Gasteiger partial charge is 0.396 e. The van der Waals surface area contributed by atoms with Crippen molar-refractivity contribution >= 4 is 11.5 Å². The van der Waals surface area contributed by atoms with Gasteiger partial charge in [-0.05, 0) is 13.0 Å². The van der Waals surface area contributed by atoms with Crippen LogP contribution in [0, 0.1) is 18.3 Å². The molecule has 6 heteroatoms. The van der Waals surface area contributed by atoms with Crippen molar-refractivity contribution in [2.75, 3.05) is 11.1 Å². The summed E-state index contributed by atoms with van der Waals surface area (Å²) in [5.41, 5.74) is 8.32. The average molecular weight is 240 g/mol. The number of nitrogen functional groups attached to an aromatic ring is 1. The van der Waals surface area contributed by atoms with Crippen LogP contribution in [0.15, 0.2) is 24.7 Å². The van der Waals surface area contributed by atoms with Crippen molar-refractivity contribution < 1.29 is 0 Å². The number of hydrogen-bond donors (Lipinski definition) is 2. The Morgan fingerprint density at radius 2 is 2.11 bits per heavy atom. The molecule has 0 aliphatic heterocycles. The topological polar surface area (TPSA) is 101 Å². The standard InChI is InChI=1S/C12H12N6/c1-8-4-16-10(6-15-8)7-18-12-11(14)2-9(3-13)5-17-12/h2,4-6H,7,14H2,1H3,(H,17,18). The molecule has 90 valence electrons. The fraction of sp³-hybridized carbons (Fsp3) is 0.167. The van der Waals surface area contributed by atoms with E-state index in [9.17, 15) is 0 Å². The van der Waals surface area contributed by atoms with E-state index in [2.05, 4.69) is 20.3 Å². The number of hydrogen-bond acceptors (Lipinski definition) is 6. The van der Waals surface area contributed by atoms with Crippen LogP contribution in [0.2, 0.25) is 0 Å². The normalized spacial score (nSPS) is 9.78. The highest BCUT2D eigenvalue weighted by molar-refractivity contribution is 5.62. The molecule has 6 nitrogen and oxygen atoms in total. The van der Waals surface area contributed by atoms with Gasteiger partial charge in [-0.25, -0.2) is 4.98 Å². The molecule has 18 heavy (non-hydrogen) atoms. The second kappa shape index (κ2) is 5.10. The predicted octanol–water partition coefficient (Wildman–Crippen LogP) is 1.25. The van der Waals surface area contributed by atoms with Crippen LogP contribution < -0.4 is 11.1 Å². The fourth-order valence-corrected chi connectivity index (χ4v) is 1.38. The van der Waals surface area contributed by atoms with E-state index < -0.39 is 0 Å². The van der Waals surface area contributed by atoms with Gasteiger partial charge in [0.15, 0.2) is 0 Å². The molecule has 0 saturated carbocycles. The third-order valence-electron chi connectivity index (χ3n) is 2.32. The average Bonchev–Trinajstić information content (AvgIpc) is 2.39. The zero-order valence-electron chi connectivity index (χ0n) is 9.88. The minimum atomic E-state index is 0.438. The summed E-state index contributed by atoms with van der Waals surface area (Å²) in [6, 6.07) is 3.56. The van der Waals surface area contributed by atoms with Gasteiger partial charge in [0.1, 0.15) is 11.9 Å². The highest BCUT2D eigenvalue weighted by Gasteiger charge is 2.03. The molecule has 0 aromatic carbocycles. The number of anilines is 2. The Bertz CT molecular complexity index is 585. The molecular formula is C12H12N6. The molecule has 0 amide bonds. The Kier molecular flexibility index (Phi) is 3.34. The highest BCUT2D eigenvalue weighted by atomic mass is 15.0. The minimum absolute atomic E-state index is 0.438. The van der Waals surface area contributed by atoms with E-state index in [0.29, 0.717) is 23.6 Å². The number of nitrogens with zero attached hydrogens (tertiary/aromatic N) is 4. The Labute approximate surface area is 105 Å². The number of rotatable bonds is 3. The molecule has 0 aliphatic rings. The summed E-state index contributed by atoms with van der Waals surface area (Å²) >= 11 is 0. The molecule has 0 aliphatic carbocycles. The molecule has 0 atom stereocenters. The van der Waals surface area contributed by atoms with Gasteiger partial charge in [-0.1, -0.05) is 0 Å². The zero-order chi connectivity index (χ0) is 13.0. The lowest BCUT2D eigenvalue weighted by Gasteiger charge is -2.07. The molecule has 2 aromatic heterocycles. The van der Waals surface area contributed by atoms with Crippen LogP contribution >= 0.6 is 0 Å². The van der Waals surface area contributed by atoms with E-state index in [1.54, 1.807) is 18.5 Å². The Hall–Kier alpha value is -2.68. The molecule has 0 unspecified atom stereocenters. The zero-order valence-corrected chi connectivity index (χ0v) is 9.88. The summed E-state index contributed by atoms with van der Waals surface area (Å²) in [5, 5.41) is 11.8. The first kappa shape index (κ1) is 11.8. The molecular weight excluding hydrogens is 228 g/mol. The maximum absolute atomic E-state index is 8.70. The van der Waals surface area contributed by atoms with Crippen LogP contribution in [0.1, 0.15) is 17.0 Å². The number of nitriles is 1. The SMILES string of the molecule is Cc1cnc(CNc2ncc(C#N)cc2N)cn1. The van der Waals surface area contributed by atoms with Crippen molar-refractivity contribution in [3.8, 4) is 6.07 Å². The number of nitrogens with two attached hydrogens (primary N) is 1. The van der Waals surface area contributed by atoms with Gasteiger partial charge in [0.2, 0.25) is 0 Å². The summed E-state index contributed by atoms with van der Waals surface area (Å²) in [5.74, 6) is 0.538. The fourth-order valence-electron chi connectivity index (χ4n) is 1.38. The Morgan fingerprint density at radius 1 is 1.28 bits per heavy atom. The van der Waals surface area contributed by atoms with Crippen molar-refractivity contribution in [3.63, 3.8) is 0 Å². The first-order chi connectivity index (χ1) is 8.69. The number of nitrogens with one attached hydrogen (secondary N) is 1. The van der Waals surface area contributed by atoms with Gasteiger partial charge in [-0.15, -0.1) is 0 Å². The second-order valence-corrected chi connectivity index (χ2v) is 3.78. The van der Waals surface area contributed by atoms with Gasteiger partial charge < -0.3 is 11.1 Å². The molecule has 2 aromatic rings. The van der Waals surface area contributed by atoms with Crippen molar-refractivity contribution in [3.05, 3.63) is 41.6 Å². The van der Waals surface area contributed by atoms with Crippen LogP contribution in [-0.2, 0) is 6.54 Å². The lowest BCUT2D eigenvalue weighted by Crippen LogP contribution is -2.06. The molecule has 0 radical (unpaired) electrons. The Morgan fingerprint density at radius 3 is 2.72 bits per heavy atom. The molecule has 0 saturated heterocycles. The van der Waals surface area contributed by atoms with E-state index in [1.165, 1.54) is 6.20 Å². The molecule has 0 fully saturated rings. The van der Waals surface area contributed by atoms with Crippen molar-refractivity contribution in [1.29, 1.82) is 5.26 Å². The quantitative estimate of drug-likeness (QED) is 0.837. The van der Waals surface area contributed by atoms with Crippen molar-refractivity contribution in [1.82, 2.24) is 15.0 Å². The van der Waals surface area contributed by atoms with Crippen molar-refractivity contribution in [2.45, 2.75) is 13.5 Å². The molecule has 2 rings (SSSR count). The van der Waals surface area contributed by atoms with Crippen LogP contribution in [0.5, 0.6) is 0 Å². The maximum atomic E-state index is 8.70. The maximum Gasteiger partial charge on any atom is 0.149 e. The highest BCUT2D eigenvalue weighted by Crippen LogP contribution is 2.16. The van der Waals surface area contributed by atoms with Crippen molar-refractivity contribution in [2.24, 2.45) is 0 Å². The van der Waals surface area contributed by atoms with E-state index >= 15 is 0 Å². The first-order valence-electron chi connectivity index (χ1n) is 5.36. The summed E-state index contributed by atoms with van der Waals surface area (Å²) < 4.78 is 0. The van der Waals surface area contributed by atoms with E-state index in [1.807, 2.05) is 13.0 Å². The lowest BCUT2D eigenvalue weighted by atomic mass is 10.3. The van der Waals surface area contributed by atoms with Crippen LogP contribution in [0.4, 0.5) is 11.5 Å². The predicted molar refractivity (Wildman–Crippen MR) is 67.5 cm³/mol. The summed E-state index contributed by atoms with van der Waals surface area (Å²) in [4.78, 5) is 12.4. The van der Waals surface area contributed by atoms with E-state index in [-0.39, 0.29) is 0 Å². The van der Waals surface area contributed by atoms with Crippen LogP contribution in [0.3, 0.4) is 0 Å². The van der Waals surface area contributed by atoms with Gasteiger partial charge in [0.25, 0.3) is 0 Å². The smallest absolute Gasteiger partial charge is 0.149 e. The summed E-state index contributed by atoms with van der Waals surface area (Å²) in [7, 11) is 0. The molecule has 0 bridgehead atoms. The van der Waals surface area contributed by atoms with Gasteiger partial charge in [-0.2, -0.15) is 5.26 Å². The second-order valence-electron chi connectivity index (χ2n) is 3.78. The lowest BCUT2D eigenvalue weighted by molar-refractivity contribution is 0.977. The van der Waals surface area contributed by atoms with Gasteiger partial charge in [0.05, 0.1) is 35.4 Å². The minimum Gasteiger partial charge on any atom is -0.396 e. The van der Waals surface area contributed by atoms with Crippen LogP contribution in [0.25, 0.3) is 0 Å². The van der Waals surface area contributed by atoms with Gasteiger partial charge in [-0.3, -0.25) is 9.97 Å². The number of aromatic nitrogens is 3. The van der Waals surface area contributed by atoms with E-state index in [0.717, 1.165) is 11.4 Å². The monoisotopic (exact) mass is 240 g/mol. The van der Waals surface area contributed by atoms with Crippen LogP contribution in [-0.4, -0.2) is 15.0 Å². The molecule has 3 N–H and O–H groups in total. The molecule has 2 heterocycles. The van der Waals surface area contributed by atoms with Gasteiger partial charge >= 0.3 is 0 Å². The van der Waals surface area contributed by atoms with Gasteiger partial charge in [0, 0.05) is 12.4 Å². The Balaban J connectivity index is 2.06. The third-order valence-corrected chi connectivity index (χ3v) is 2.32. The number of pyridine rings is 1. The summed E-state index contributed by atoms with van der Waals surface area (Å²) in [6.07, 6.45) is 4.87. The number of aryl methyl sites for hydroxylation is 1. The molecule has 0 spiro atoms. The third kappa shape index (κ3) is 2.71. The first-order valence-corrected chi connectivity index (χ1v) is 5.36. The summed E-state index contributed by atoms with van der Waals surface area (Å²) in [6.45, 7) is 2.36. The van der Waals surface area contributed by atoms with E-state index in [4.69, 9.17) is 11.0 Å².